The van der Waals surface area contributed by atoms with Gasteiger partial charge in [0.05, 0.1) is 4.92 Å². The fourth-order valence-corrected chi connectivity index (χ4v) is 2.63. The van der Waals surface area contributed by atoms with Crippen LogP contribution in [0.2, 0.25) is 0 Å². The lowest BCUT2D eigenvalue weighted by molar-refractivity contribution is -0.386. The Morgan fingerprint density at radius 3 is 2.58 bits per heavy atom. The van der Waals surface area contributed by atoms with E-state index in [2.05, 4.69) is 10.6 Å². The summed E-state index contributed by atoms with van der Waals surface area (Å²) in [5.74, 6) is -0.667. The van der Waals surface area contributed by atoms with Crippen LogP contribution in [-0.2, 0) is 4.79 Å². The number of ether oxygens (including phenoxy) is 1. The highest BCUT2D eigenvalue weighted by molar-refractivity contribution is 5.96. The van der Waals surface area contributed by atoms with E-state index in [1.807, 2.05) is 0 Å². The molecule has 1 aromatic carbocycles. The lowest BCUT2D eigenvalue weighted by atomic mass is 9.96. The molecule has 3 amide bonds. The van der Waals surface area contributed by atoms with Crippen LogP contribution in [0, 0.1) is 10.1 Å². The van der Waals surface area contributed by atoms with Crippen molar-refractivity contribution in [3.05, 3.63) is 34.4 Å². The number of carbonyl (C=O) groups excluding carboxylic acids is 2. The van der Waals surface area contributed by atoms with Crippen molar-refractivity contribution in [1.82, 2.24) is 10.6 Å². The predicted molar refractivity (Wildman–Crippen MR) is 86.7 cm³/mol. The number of hydrogen-bond donors (Lipinski definition) is 2. The van der Waals surface area contributed by atoms with Crippen molar-refractivity contribution >= 4 is 17.6 Å². The molecule has 1 atom stereocenters. The highest BCUT2D eigenvalue weighted by Gasteiger charge is 2.23. The Labute approximate surface area is 139 Å². The maximum atomic E-state index is 12.0. The molecule has 0 spiro atoms. The van der Waals surface area contributed by atoms with Gasteiger partial charge in [-0.1, -0.05) is 31.4 Å². The van der Waals surface area contributed by atoms with E-state index in [4.69, 9.17) is 4.74 Å². The molecule has 8 nitrogen and oxygen atoms in total. The van der Waals surface area contributed by atoms with Crippen molar-refractivity contribution in [3.63, 3.8) is 0 Å². The summed E-state index contributed by atoms with van der Waals surface area (Å²) in [6.07, 6.45) is 4.07. The van der Waals surface area contributed by atoms with Gasteiger partial charge in [-0.3, -0.25) is 20.2 Å². The van der Waals surface area contributed by atoms with Crippen molar-refractivity contribution in [2.75, 3.05) is 0 Å². The number of hydrogen-bond acceptors (Lipinski definition) is 5. The minimum Gasteiger partial charge on any atom is -0.474 e. The molecular weight excluding hydrogens is 314 g/mol. The second-order valence-electron chi connectivity index (χ2n) is 5.78. The Kier molecular flexibility index (Phi) is 6.11. The Morgan fingerprint density at radius 2 is 1.92 bits per heavy atom. The molecule has 0 saturated heterocycles. The number of rotatable bonds is 5. The number of amides is 3. The molecule has 1 aromatic rings. The number of nitro benzene ring substituents is 1. The molecule has 2 N–H and O–H groups in total. The molecule has 0 aliphatic heterocycles. The van der Waals surface area contributed by atoms with Crippen molar-refractivity contribution in [2.24, 2.45) is 0 Å². The Morgan fingerprint density at radius 1 is 1.25 bits per heavy atom. The quantitative estimate of drug-likeness (QED) is 0.634. The number of nitro groups is 1. The lowest BCUT2D eigenvalue weighted by Gasteiger charge is -2.23. The molecule has 0 aromatic heterocycles. The molecule has 1 fully saturated rings. The van der Waals surface area contributed by atoms with Crippen molar-refractivity contribution in [3.8, 4) is 5.75 Å². The molecule has 1 saturated carbocycles. The lowest BCUT2D eigenvalue weighted by Crippen LogP contribution is -2.48. The average Bonchev–Trinajstić information content (AvgIpc) is 2.55. The number of para-hydroxylation sites is 2. The number of urea groups is 1. The first kappa shape index (κ1) is 17.7. The summed E-state index contributed by atoms with van der Waals surface area (Å²) in [5, 5.41) is 15.9. The largest absolute Gasteiger partial charge is 0.474 e. The molecule has 0 unspecified atom stereocenters. The van der Waals surface area contributed by atoms with Crippen LogP contribution >= 0.6 is 0 Å². The van der Waals surface area contributed by atoms with Crippen LogP contribution in [0.3, 0.4) is 0 Å². The van der Waals surface area contributed by atoms with E-state index < -0.39 is 23.0 Å². The standard InChI is InChI=1S/C16H21N3O5/c1-11(24-14-10-6-5-9-13(14)19(22)23)15(20)18-16(21)17-12-7-3-2-4-8-12/h5-6,9-12H,2-4,7-8H2,1H3,(H2,17,18,20,21)/t11-/m0/s1. The number of carbonyl (C=O) groups is 2. The summed E-state index contributed by atoms with van der Waals surface area (Å²) in [4.78, 5) is 34.2. The molecule has 2 rings (SSSR count). The molecule has 0 heterocycles. The SMILES string of the molecule is C[C@H](Oc1ccccc1[N+](=O)[O-])C(=O)NC(=O)NC1CCCCC1. The molecule has 1 aliphatic carbocycles. The average molecular weight is 335 g/mol. The van der Waals surface area contributed by atoms with E-state index >= 15 is 0 Å². The molecule has 0 bridgehead atoms. The Balaban J connectivity index is 1.88. The van der Waals surface area contributed by atoms with E-state index in [0.717, 1.165) is 25.7 Å². The van der Waals surface area contributed by atoms with Gasteiger partial charge in [0.25, 0.3) is 5.91 Å². The van der Waals surface area contributed by atoms with Gasteiger partial charge in [-0.25, -0.2) is 4.79 Å². The Bertz CT molecular complexity index is 613. The van der Waals surface area contributed by atoms with E-state index in [0.29, 0.717) is 0 Å². The van der Waals surface area contributed by atoms with Gasteiger partial charge in [0.2, 0.25) is 0 Å². The minimum atomic E-state index is -1.04. The van der Waals surface area contributed by atoms with Gasteiger partial charge in [0.15, 0.2) is 11.9 Å². The fraction of sp³-hybridized carbons (Fsp3) is 0.500. The predicted octanol–water partition coefficient (Wildman–Crippen LogP) is 2.52. The summed E-state index contributed by atoms with van der Waals surface area (Å²) in [6.45, 7) is 1.43. The van der Waals surface area contributed by atoms with Gasteiger partial charge in [-0.15, -0.1) is 0 Å². The molecule has 0 radical (unpaired) electrons. The molecule has 8 heteroatoms. The van der Waals surface area contributed by atoms with Crippen LogP contribution in [-0.4, -0.2) is 29.0 Å². The van der Waals surface area contributed by atoms with Crippen LogP contribution in [0.25, 0.3) is 0 Å². The zero-order valence-corrected chi connectivity index (χ0v) is 13.5. The van der Waals surface area contributed by atoms with Gasteiger partial charge in [-0.05, 0) is 25.8 Å². The second-order valence-corrected chi connectivity index (χ2v) is 5.78. The normalized spacial score (nSPS) is 16.0. The van der Waals surface area contributed by atoms with Crippen LogP contribution in [0.1, 0.15) is 39.0 Å². The van der Waals surface area contributed by atoms with Crippen molar-refractivity contribution in [2.45, 2.75) is 51.2 Å². The number of imide groups is 1. The third-order valence-electron chi connectivity index (χ3n) is 3.91. The monoisotopic (exact) mass is 335 g/mol. The highest BCUT2D eigenvalue weighted by atomic mass is 16.6. The fourth-order valence-electron chi connectivity index (χ4n) is 2.63. The van der Waals surface area contributed by atoms with E-state index in [1.54, 1.807) is 6.07 Å². The minimum absolute atomic E-state index is 0.0159. The molecule has 24 heavy (non-hydrogen) atoms. The summed E-state index contributed by atoms with van der Waals surface area (Å²) in [6, 6.07) is 5.29. The zero-order chi connectivity index (χ0) is 17.5. The maximum Gasteiger partial charge on any atom is 0.321 e. The number of benzene rings is 1. The van der Waals surface area contributed by atoms with Gasteiger partial charge in [0, 0.05) is 12.1 Å². The number of nitrogens with one attached hydrogen (secondary N) is 2. The van der Waals surface area contributed by atoms with Gasteiger partial charge in [-0.2, -0.15) is 0 Å². The molecule has 1 aliphatic rings. The summed E-state index contributed by atoms with van der Waals surface area (Å²) >= 11 is 0. The van der Waals surface area contributed by atoms with Crippen molar-refractivity contribution in [1.29, 1.82) is 0 Å². The highest BCUT2D eigenvalue weighted by Crippen LogP contribution is 2.26. The summed E-state index contributed by atoms with van der Waals surface area (Å²) in [7, 11) is 0. The van der Waals surface area contributed by atoms with Gasteiger partial charge >= 0.3 is 11.7 Å². The van der Waals surface area contributed by atoms with Crippen LogP contribution in [0.4, 0.5) is 10.5 Å². The van der Waals surface area contributed by atoms with Gasteiger partial charge < -0.3 is 10.1 Å². The second kappa shape index (κ2) is 8.28. The topological polar surface area (TPSA) is 111 Å². The summed E-state index contributed by atoms with van der Waals surface area (Å²) < 4.78 is 5.33. The molecule has 130 valence electrons. The van der Waals surface area contributed by atoms with E-state index in [-0.39, 0.29) is 17.5 Å². The summed E-state index contributed by atoms with van der Waals surface area (Å²) in [5.41, 5.74) is -0.233. The molecular formula is C16H21N3O5. The van der Waals surface area contributed by atoms with Crippen molar-refractivity contribution < 1.29 is 19.2 Å². The van der Waals surface area contributed by atoms with Crippen LogP contribution in [0.5, 0.6) is 5.75 Å². The van der Waals surface area contributed by atoms with Crippen LogP contribution in [0.15, 0.2) is 24.3 Å². The van der Waals surface area contributed by atoms with E-state index in [9.17, 15) is 19.7 Å². The zero-order valence-electron chi connectivity index (χ0n) is 13.5. The maximum absolute atomic E-state index is 12.0. The first-order valence-electron chi connectivity index (χ1n) is 7.99. The third-order valence-corrected chi connectivity index (χ3v) is 3.91. The van der Waals surface area contributed by atoms with Gasteiger partial charge in [0.1, 0.15) is 0 Å². The Hall–Kier alpha value is -2.64. The first-order valence-corrected chi connectivity index (χ1v) is 7.99. The number of nitrogens with zero attached hydrogens (tertiary/aromatic N) is 1. The van der Waals surface area contributed by atoms with E-state index in [1.165, 1.54) is 31.5 Å². The smallest absolute Gasteiger partial charge is 0.321 e. The van der Waals surface area contributed by atoms with Crippen LogP contribution < -0.4 is 15.4 Å². The first-order chi connectivity index (χ1) is 11.5. The third kappa shape index (κ3) is 4.94.